The number of thioether (sulfide) groups is 1. The van der Waals surface area contributed by atoms with Crippen LogP contribution >= 0.6 is 27.7 Å². The van der Waals surface area contributed by atoms with Crippen LogP contribution in [0, 0.1) is 0 Å². The minimum atomic E-state index is -0.379. The first-order valence-electron chi connectivity index (χ1n) is 6.98. The third kappa shape index (κ3) is 4.16. The Morgan fingerprint density at radius 1 is 1.50 bits per heavy atom. The van der Waals surface area contributed by atoms with Crippen LogP contribution in [0.3, 0.4) is 0 Å². The lowest BCUT2D eigenvalue weighted by atomic mass is 10.2. The van der Waals surface area contributed by atoms with Gasteiger partial charge in [-0.2, -0.15) is 11.8 Å². The van der Waals surface area contributed by atoms with Gasteiger partial charge in [0, 0.05) is 16.6 Å². The summed E-state index contributed by atoms with van der Waals surface area (Å²) in [5, 5.41) is -0.317. The topological polar surface area (TPSA) is 55.8 Å². The average molecular weight is 388 g/mol. The van der Waals surface area contributed by atoms with Crippen molar-refractivity contribution in [1.29, 1.82) is 0 Å². The van der Waals surface area contributed by atoms with Crippen LogP contribution in [0.15, 0.2) is 28.7 Å². The van der Waals surface area contributed by atoms with Crippen LogP contribution in [0.2, 0.25) is 0 Å². The van der Waals surface area contributed by atoms with Gasteiger partial charge < -0.3 is 9.47 Å². The van der Waals surface area contributed by atoms with Crippen molar-refractivity contribution in [2.75, 3.05) is 24.3 Å². The number of ether oxygens (including phenoxy) is 2. The molecule has 0 spiro atoms. The molecule has 0 aromatic heterocycles. The molecule has 1 aromatic rings. The number of carbonyl (C=O) groups is 2. The van der Waals surface area contributed by atoms with Crippen LogP contribution in [0.4, 0.5) is 10.5 Å². The Labute approximate surface area is 142 Å². The largest absolute Gasteiger partial charge is 0.465 e. The summed E-state index contributed by atoms with van der Waals surface area (Å²) in [7, 11) is 0. The van der Waals surface area contributed by atoms with Crippen LogP contribution in [-0.4, -0.2) is 42.8 Å². The molecule has 2 unspecified atom stereocenters. The molecular weight excluding hydrogens is 370 g/mol. The molecule has 22 heavy (non-hydrogen) atoms. The number of esters is 1. The summed E-state index contributed by atoms with van der Waals surface area (Å²) < 4.78 is 11.4. The van der Waals surface area contributed by atoms with Gasteiger partial charge in [0.25, 0.3) is 0 Å². The van der Waals surface area contributed by atoms with Crippen molar-refractivity contribution in [1.82, 2.24) is 0 Å². The van der Waals surface area contributed by atoms with Gasteiger partial charge in [-0.3, -0.25) is 9.69 Å². The van der Waals surface area contributed by atoms with Crippen LogP contribution in [0.25, 0.3) is 0 Å². The molecule has 1 aliphatic rings. The number of benzene rings is 1. The third-order valence-electron chi connectivity index (χ3n) is 3.32. The lowest BCUT2D eigenvalue weighted by Gasteiger charge is -2.16. The number of hydrogen-bond donors (Lipinski definition) is 0. The minimum absolute atomic E-state index is 0.256. The molecule has 7 heteroatoms. The van der Waals surface area contributed by atoms with E-state index in [0.29, 0.717) is 19.6 Å². The Kier molecular flexibility index (Phi) is 6.14. The van der Waals surface area contributed by atoms with Crippen molar-refractivity contribution >= 4 is 45.4 Å². The number of carbonyl (C=O) groups excluding carboxylic acids is 2. The van der Waals surface area contributed by atoms with E-state index >= 15 is 0 Å². The maximum Gasteiger partial charge on any atom is 0.414 e. The van der Waals surface area contributed by atoms with Crippen LogP contribution < -0.4 is 4.90 Å². The summed E-state index contributed by atoms with van der Waals surface area (Å²) in [6, 6.07) is 7.45. The number of rotatable bonds is 6. The quantitative estimate of drug-likeness (QED) is 0.699. The smallest absolute Gasteiger partial charge is 0.414 e. The molecule has 0 bridgehead atoms. The maximum absolute atomic E-state index is 12.0. The molecule has 2 atom stereocenters. The molecule has 1 amide bonds. The van der Waals surface area contributed by atoms with Crippen molar-refractivity contribution in [3.63, 3.8) is 0 Å². The standard InChI is InChI=1S/C15H18BrNO4S/c1-3-20-14(18)13(22-2)8-12-9-17(15(19)21-12)11-6-4-10(16)5-7-11/h4-7,12-13H,3,8-9H2,1-2H3. The zero-order valence-electron chi connectivity index (χ0n) is 12.5. The van der Waals surface area contributed by atoms with E-state index in [2.05, 4.69) is 15.9 Å². The predicted octanol–water partition coefficient (Wildman–Crippen LogP) is 3.46. The van der Waals surface area contributed by atoms with E-state index in [4.69, 9.17) is 9.47 Å². The molecule has 0 N–H and O–H groups in total. The second-order valence-corrected chi connectivity index (χ2v) is 6.76. The van der Waals surface area contributed by atoms with Crippen molar-refractivity contribution < 1.29 is 19.1 Å². The van der Waals surface area contributed by atoms with E-state index in [9.17, 15) is 9.59 Å². The molecule has 1 aliphatic heterocycles. The first-order valence-corrected chi connectivity index (χ1v) is 9.06. The highest BCUT2D eigenvalue weighted by molar-refractivity contribution is 9.10. The average Bonchev–Trinajstić information content (AvgIpc) is 2.86. The number of halogens is 1. The third-order valence-corrected chi connectivity index (χ3v) is 4.81. The van der Waals surface area contributed by atoms with E-state index in [-0.39, 0.29) is 23.4 Å². The molecule has 5 nitrogen and oxygen atoms in total. The first kappa shape index (κ1) is 17.1. The molecule has 1 aromatic carbocycles. The van der Waals surface area contributed by atoms with E-state index < -0.39 is 0 Å². The Bertz CT molecular complexity index is 537. The number of hydrogen-bond acceptors (Lipinski definition) is 5. The Balaban J connectivity index is 1.99. The summed E-state index contributed by atoms with van der Waals surface area (Å²) in [4.78, 5) is 25.4. The SMILES string of the molecule is CCOC(=O)C(CC1CN(c2ccc(Br)cc2)C(=O)O1)SC. The Morgan fingerprint density at radius 3 is 2.77 bits per heavy atom. The Morgan fingerprint density at radius 2 is 2.18 bits per heavy atom. The second-order valence-electron chi connectivity index (χ2n) is 4.80. The number of nitrogens with zero attached hydrogens (tertiary/aromatic N) is 1. The first-order chi connectivity index (χ1) is 10.5. The summed E-state index contributed by atoms with van der Waals surface area (Å²) in [5.41, 5.74) is 0.785. The summed E-state index contributed by atoms with van der Waals surface area (Å²) in [5.74, 6) is -0.256. The zero-order chi connectivity index (χ0) is 16.1. The molecule has 0 aliphatic carbocycles. The van der Waals surface area contributed by atoms with Crippen LogP contribution in [0.1, 0.15) is 13.3 Å². The summed E-state index contributed by atoms with van der Waals surface area (Å²) in [6.45, 7) is 2.57. The number of anilines is 1. The van der Waals surface area contributed by atoms with Crippen LogP contribution in [-0.2, 0) is 14.3 Å². The van der Waals surface area contributed by atoms with Crippen LogP contribution in [0.5, 0.6) is 0 Å². The van der Waals surface area contributed by atoms with Gasteiger partial charge in [0.05, 0.1) is 13.2 Å². The van der Waals surface area contributed by atoms with E-state index in [1.165, 1.54) is 11.8 Å². The molecule has 120 valence electrons. The van der Waals surface area contributed by atoms with Crippen molar-refractivity contribution in [2.45, 2.75) is 24.7 Å². The summed E-state index contributed by atoms with van der Waals surface area (Å²) in [6.07, 6.45) is 1.62. The lowest BCUT2D eigenvalue weighted by molar-refractivity contribution is -0.142. The zero-order valence-corrected chi connectivity index (χ0v) is 14.9. The molecule has 2 rings (SSSR count). The lowest BCUT2D eigenvalue weighted by Crippen LogP contribution is -2.28. The molecular formula is C15H18BrNO4S. The fourth-order valence-corrected chi connectivity index (χ4v) is 3.17. The fraction of sp³-hybridized carbons (Fsp3) is 0.467. The van der Waals surface area contributed by atoms with E-state index in [1.807, 2.05) is 30.5 Å². The van der Waals surface area contributed by atoms with Crippen molar-refractivity contribution in [3.05, 3.63) is 28.7 Å². The minimum Gasteiger partial charge on any atom is -0.465 e. The highest BCUT2D eigenvalue weighted by atomic mass is 79.9. The summed E-state index contributed by atoms with van der Waals surface area (Å²) >= 11 is 4.78. The normalized spacial score (nSPS) is 19.0. The van der Waals surface area contributed by atoms with Crippen molar-refractivity contribution in [3.8, 4) is 0 Å². The highest BCUT2D eigenvalue weighted by Crippen LogP contribution is 2.27. The highest BCUT2D eigenvalue weighted by Gasteiger charge is 2.35. The number of amides is 1. The van der Waals surface area contributed by atoms with Gasteiger partial charge in [-0.15, -0.1) is 0 Å². The van der Waals surface area contributed by atoms with E-state index in [0.717, 1.165) is 10.2 Å². The van der Waals surface area contributed by atoms with Gasteiger partial charge in [0.15, 0.2) is 0 Å². The Hall–Kier alpha value is -1.21. The van der Waals surface area contributed by atoms with Gasteiger partial charge in [0.1, 0.15) is 11.4 Å². The van der Waals surface area contributed by atoms with E-state index in [1.54, 1.807) is 11.8 Å². The molecule has 0 radical (unpaired) electrons. The van der Waals surface area contributed by atoms with Crippen molar-refractivity contribution in [2.24, 2.45) is 0 Å². The fourth-order valence-electron chi connectivity index (χ4n) is 2.24. The monoisotopic (exact) mass is 387 g/mol. The van der Waals surface area contributed by atoms with Gasteiger partial charge in [-0.25, -0.2) is 4.79 Å². The molecule has 1 saturated heterocycles. The van der Waals surface area contributed by atoms with Gasteiger partial charge in [-0.05, 0) is 37.4 Å². The number of cyclic esters (lactones) is 1. The molecule has 1 fully saturated rings. The predicted molar refractivity (Wildman–Crippen MR) is 90.3 cm³/mol. The van der Waals surface area contributed by atoms with Gasteiger partial charge >= 0.3 is 12.1 Å². The molecule has 1 heterocycles. The molecule has 0 saturated carbocycles. The second kappa shape index (κ2) is 7.87. The maximum atomic E-state index is 12.0. The van der Waals surface area contributed by atoms with Gasteiger partial charge in [0.2, 0.25) is 0 Å². The van der Waals surface area contributed by atoms with Gasteiger partial charge in [-0.1, -0.05) is 15.9 Å².